The summed E-state index contributed by atoms with van der Waals surface area (Å²) in [6.45, 7) is 6.68. The van der Waals surface area contributed by atoms with E-state index in [9.17, 15) is 13.0 Å². The van der Waals surface area contributed by atoms with Crippen LogP contribution in [0.3, 0.4) is 0 Å². The quantitative estimate of drug-likeness (QED) is 0.733. The first-order chi connectivity index (χ1) is 11.2. The molecule has 4 heteroatoms. The average molecular weight is 346 g/mol. The number of aryl methyl sites for hydroxylation is 2. The minimum absolute atomic E-state index is 0.0186. The lowest BCUT2D eigenvalue weighted by molar-refractivity contribution is 0.482. The SMILES string of the molecule is CCC(C)(C)c1ccc(CCCc2ccccc2S(=O)(=O)O)cc1. The predicted molar refractivity (Wildman–Crippen MR) is 98.0 cm³/mol. The molecular weight excluding hydrogens is 320 g/mol. The molecule has 24 heavy (non-hydrogen) atoms. The standard InChI is InChI=1S/C20H26O3S/c1-4-20(2,3)18-14-12-16(13-15-18)8-7-10-17-9-5-6-11-19(17)24(21,22)23/h5-6,9,11-15H,4,7-8,10H2,1-3H3,(H,21,22,23). The molecule has 2 rings (SSSR count). The van der Waals surface area contributed by atoms with Crippen molar-refractivity contribution in [3.63, 3.8) is 0 Å². The van der Waals surface area contributed by atoms with Crippen LogP contribution in [0.5, 0.6) is 0 Å². The normalized spacial score (nSPS) is 12.3. The first-order valence-corrected chi connectivity index (χ1v) is 9.83. The van der Waals surface area contributed by atoms with Gasteiger partial charge in [0.15, 0.2) is 0 Å². The Morgan fingerprint density at radius 2 is 1.58 bits per heavy atom. The van der Waals surface area contributed by atoms with E-state index >= 15 is 0 Å². The highest BCUT2D eigenvalue weighted by atomic mass is 32.2. The van der Waals surface area contributed by atoms with Gasteiger partial charge in [0.1, 0.15) is 0 Å². The Kier molecular flexibility index (Phi) is 5.83. The van der Waals surface area contributed by atoms with Gasteiger partial charge in [-0.25, -0.2) is 0 Å². The smallest absolute Gasteiger partial charge is 0.282 e. The Bertz CT molecular complexity index is 775. The van der Waals surface area contributed by atoms with Crippen LogP contribution in [0, 0.1) is 0 Å². The van der Waals surface area contributed by atoms with Gasteiger partial charge in [-0.15, -0.1) is 0 Å². The third kappa shape index (κ3) is 4.68. The summed E-state index contributed by atoms with van der Waals surface area (Å²) >= 11 is 0. The second-order valence-corrected chi connectivity index (χ2v) is 8.26. The maximum atomic E-state index is 11.4. The maximum absolute atomic E-state index is 11.4. The molecule has 0 amide bonds. The van der Waals surface area contributed by atoms with Gasteiger partial charge in [-0.2, -0.15) is 8.42 Å². The highest BCUT2D eigenvalue weighted by molar-refractivity contribution is 7.85. The van der Waals surface area contributed by atoms with Gasteiger partial charge in [0.05, 0.1) is 4.90 Å². The second kappa shape index (κ2) is 7.49. The molecule has 0 aromatic heterocycles. The zero-order valence-electron chi connectivity index (χ0n) is 14.6. The zero-order chi connectivity index (χ0) is 17.8. The van der Waals surface area contributed by atoms with Crippen LogP contribution in [0.15, 0.2) is 53.4 Å². The van der Waals surface area contributed by atoms with E-state index in [1.54, 1.807) is 18.2 Å². The van der Waals surface area contributed by atoms with Crippen molar-refractivity contribution in [1.29, 1.82) is 0 Å². The molecule has 0 bridgehead atoms. The van der Waals surface area contributed by atoms with E-state index < -0.39 is 10.1 Å². The van der Waals surface area contributed by atoms with Gasteiger partial charge in [0.2, 0.25) is 0 Å². The lowest BCUT2D eigenvalue weighted by Crippen LogP contribution is -2.15. The number of benzene rings is 2. The Hall–Kier alpha value is -1.65. The fraction of sp³-hybridized carbons (Fsp3) is 0.400. The van der Waals surface area contributed by atoms with Gasteiger partial charge in [0, 0.05) is 0 Å². The third-order valence-corrected chi connectivity index (χ3v) is 5.74. The summed E-state index contributed by atoms with van der Waals surface area (Å²) in [4.78, 5) is 0.0186. The molecule has 1 N–H and O–H groups in total. The number of hydrogen-bond donors (Lipinski definition) is 1. The van der Waals surface area contributed by atoms with Crippen molar-refractivity contribution < 1.29 is 13.0 Å². The van der Waals surface area contributed by atoms with E-state index in [0.29, 0.717) is 12.0 Å². The largest absolute Gasteiger partial charge is 0.294 e. The van der Waals surface area contributed by atoms with Gasteiger partial charge in [0.25, 0.3) is 10.1 Å². The van der Waals surface area contributed by atoms with Crippen LogP contribution in [-0.4, -0.2) is 13.0 Å². The fourth-order valence-electron chi connectivity index (χ4n) is 2.77. The lowest BCUT2D eigenvalue weighted by Gasteiger charge is -2.23. The second-order valence-electron chi connectivity index (χ2n) is 6.87. The van der Waals surface area contributed by atoms with Gasteiger partial charge in [-0.05, 0) is 53.9 Å². The van der Waals surface area contributed by atoms with Gasteiger partial charge in [-0.1, -0.05) is 63.2 Å². The molecule has 0 heterocycles. The molecule has 0 aliphatic heterocycles. The molecule has 0 fully saturated rings. The molecule has 0 unspecified atom stereocenters. The molecule has 3 nitrogen and oxygen atoms in total. The summed E-state index contributed by atoms with van der Waals surface area (Å²) in [5.41, 5.74) is 3.44. The molecule has 2 aromatic rings. The van der Waals surface area contributed by atoms with E-state index in [4.69, 9.17) is 0 Å². The van der Waals surface area contributed by atoms with E-state index in [0.717, 1.165) is 19.3 Å². The van der Waals surface area contributed by atoms with E-state index in [1.165, 1.54) is 17.2 Å². The molecule has 0 spiro atoms. The van der Waals surface area contributed by atoms with Crippen LogP contribution in [0.25, 0.3) is 0 Å². The van der Waals surface area contributed by atoms with Crippen molar-refractivity contribution in [2.24, 2.45) is 0 Å². The Morgan fingerprint density at radius 3 is 2.17 bits per heavy atom. The Morgan fingerprint density at radius 1 is 0.958 bits per heavy atom. The summed E-state index contributed by atoms with van der Waals surface area (Å²) in [6, 6.07) is 15.3. The van der Waals surface area contributed by atoms with E-state index in [1.807, 2.05) is 0 Å². The van der Waals surface area contributed by atoms with E-state index in [2.05, 4.69) is 45.0 Å². The van der Waals surface area contributed by atoms with Crippen molar-refractivity contribution >= 4 is 10.1 Å². The van der Waals surface area contributed by atoms with Crippen LogP contribution in [-0.2, 0) is 28.4 Å². The van der Waals surface area contributed by atoms with Crippen molar-refractivity contribution in [2.45, 2.75) is 56.8 Å². The van der Waals surface area contributed by atoms with Crippen molar-refractivity contribution in [3.05, 3.63) is 65.2 Å². The maximum Gasteiger partial charge on any atom is 0.294 e. The van der Waals surface area contributed by atoms with Crippen molar-refractivity contribution in [3.8, 4) is 0 Å². The van der Waals surface area contributed by atoms with Gasteiger partial charge in [-0.3, -0.25) is 4.55 Å². The van der Waals surface area contributed by atoms with E-state index in [-0.39, 0.29) is 10.3 Å². The summed E-state index contributed by atoms with van der Waals surface area (Å²) in [5, 5.41) is 0. The third-order valence-electron chi connectivity index (χ3n) is 4.78. The molecule has 0 atom stereocenters. The monoisotopic (exact) mass is 346 g/mol. The molecule has 0 radical (unpaired) electrons. The Labute approximate surface area is 145 Å². The molecule has 0 saturated carbocycles. The Balaban J connectivity index is 2.01. The summed E-state index contributed by atoms with van der Waals surface area (Å²) in [6.07, 6.45) is 3.44. The summed E-state index contributed by atoms with van der Waals surface area (Å²) < 4.78 is 32.1. The molecule has 0 saturated heterocycles. The summed E-state index contributed by atoms with van der Waals surface area (Å²) in [5.74, 6) is 0. The highest BCUT2D eigenvalue weighted by Gasteiger charge is 2.17. The number of rotatable bonds is 7. The highest BCUT2D eigenvalue weighted by Crippen LogP contribution is 2.27. The minimum Gasteiger partial charge on any atom is -0.282 e. The first-order valence-electron chi connectivity index (χ1n) is 8.39. The number of hydrogen-bond acceptors (Lipinski definition) is 2. The van der Waals surface area contributed by atoms with Crippen molar-refractivity contribution in [2.75, 3.05) is 0 Å². The van der Waals surface area contributed by atoms with Crippen LogP contribution in [0.2, 0.25) is 0 Å². The molecular formula is C20H26O3S. The zero-order valence-corrected chi connectivity index (χ0v) is 15.4. The average Bonchev–Trinajstić information content (AvgIpc) is 2.55. The summed E-state index contributed by atoms with van der Waals surface area (Å²) in [7, 11) is -4.15. The van der Waals surface area contributed by atoms with Crippen LogP contribution >= 0.6 is 0 Å². The van der Waals surface area contributed by atoms with Crippen LogP contribution in [0.1, 0.15) is 50.3 Å². The fourth-order valence-corrected chi connectivity index (χ4v) is 3.52. The van der Waals surface area contributed by atoms with Crippen molar-refractivity contribution in [1.82, 2.24) is 0 Å². The predicted octanol–water partition coefficient (Wildman–Crippen LogP) is 4.80. The lowest BCUT2D eigenvalue weighted by atomic mass is 9.82. The minimum atomic E-state index is -4.15. The molecule has 0 aliphatic carbocycles. The molecule has 2 aromatic carbocycles. The van der Waals surface area contributed by atoms with Gasteiger partial charge < -0.3 is 0 Å². The first kappa shape index (κ1) is 18.7. The molecule has 130 valence electrons. The molecule has 0 aliphatic rings. The van der Waals surface area contributed by atoms with Crippen LogP contribution < -0.4 is 0 Å². The topological polar surface area (TPSA) is 54.4 Å². The van der Waals surface area contributed by atoms with Crippen LogP contribution in [0.4, 0.5) is 0 Å². The van der Waals surface area contributed by atoms with Gasteiger partial charge >= 0.3 is 0 Å².